The average molecular weight is 360 g/mol. The monoisotopic (exact) mass is 360 g/mol. The van der Waals surface area contributed by atoms with E-state index < -0.39 is 0 Å². The third-order valence-corrected chi connectivity index (χ3v) is 5.82. The first-order chi connectivity index (χ1) is 12.6. The van der Waals surface area contributed by atoms with Gasteiger partial charge in [0.25, 0.3) is 0 Å². The zero-order valence-electron chi connectivity index (χ0n) is 15.3. The first-order valence-electron chi connectivity index (χ1n) is 9.95. The zero-order valence-corrected chi connectivity index (χ0v) is 15.3. The van der Waals surface area contributed by atoms with Crippen LogP contribution in [0.1, 0.15) is 56.9 Å². The molecule has 5 heteroatoms. The Labute approximate surface area is 154 Å². The molecule has 1 aromatic carbocycles. The fourth-order valence-electron chi connectivity index (χ4n) is 4.17. The Morgan fingerprint density at radius 3 is 2.19 bits per heavy atom. The molecule has 0 spiro atoms. The number of halogens is 1. The van der Waals surface area contributed by atoms with E-state index in [1.165, 1.54) is 18.9 Å². The molecule has 4 nitrogen and oxygen atoms in total. The molecule has 3 rings (SSSR count). The van der Waals surface area contributed by atoms with E-state index in [2.05, 4.69) is 10.6 Å². The van der Waals surface area contributed by atoms with Crippen molar-refractivity contribution < 1.29 is 14.0 Å². The molecule has 0 radical (unpaired) electrons. The van der Waals surface area contributed by atoms with Crippen LogP contribution >= 0.6 is 0 Å². The van der Waals surface area contributed by atoms with E-state index in [1.807, 2.05) is 0 Å². The molecule has 0 atom stereocenters. The summed E-state index contributed by atoms with van der Waals surface area (Å²) in [6.45, 7) is 0.446. The Bertz CT molecular complexity index is 620. The van der Waals surface area contributed by atoms with Crippen molar-refractivity contribution in [2.45, 2.75) is 63.8 Å². The number of rotatable bonds is 6. The van der Waals surface area contributed by atoms with Gasteiger partial charge in [-0.05, 0) is 56.6 Å². The molecule has 142 valence electrons. The van der Waals surface area contributed by atoms with Gasteiger partial charge in [-0.3, -0.25) is 9.59 Å². The van der Waals surface area contributed by atoms with Crippen LogP contribution in [0.25, 0.3) is 0 Å². The van der Waals surface area contributed by atoms with Crippen LogP contribution in [0.4, 0.5) is 4.39 Å². The van der Waals surface area contributed by atoms with Crippen LogP contribution in [0.2, 0.25) is 0 Å². The molecule has 2 saturated carbocycles. The minimum Gasteiger partial charge on any atom is -0.356 e. The summed E-state index contributed by atoms with van der Waals surface area (Å²) >= 11 is 0. The summed E-state index contributed by atoms with van der Waals surface area (Å²) in [5.74, 6) is 0.0195. The highest BCUT2D eigenvalue weighted by Crippen LogP contribution is 2.29. The van der Waals surface area contributed by atoms with Gasteiger partial charge in [0.05, 0.1) is 0 Å². The van der Waals surface area contributed by atoms with E-state index in [4.69, 9.17) is 0 Å². The lowest BCUT2D eigenvalue weighted by atomic mass is 9.81. The van der Waals surface area contributed by atoms with Crippen molar-refractivity contribution in [2.75, 3.05) is 6.54 Å². The van der Waals surface area contributed by atoms with Crippen molar-refractivity contribution >= 4 is 11.8 Å². The Morgan fingerprint density at radius 1 is 0.923 bits per heavy atom. The van der Waals surface area contributed by atoms with Crippen LogP contribution in [0.5, 0.6) is 0 Å². The fraction of sp³-hybridized carbons (Fsp3) is 0.619. The number of nitrogens with one attached hydrogen (secondary N) is 2. The Kier molecular flexibility index (Phi) is 6.64. The first kappa shape index (κ1) is 18.9. The van der Waals surface area contributed by atoms with Crippen molar-refractivity contribution in [2.24, 2.45) is 11.8 Å². The number of carbonyl (C=O) groups excluding carboxylic acids is 2. The highest BCUT2D eigenvalue weighted by Gasteiger charge is 2.31. The summed E-state index contributed by atoms with van der Waals surface area (Å²) in [5.41, 5.74) is 0.625. The minimum atomic E-state index is -0.226. The predicted octanol–water partition coefficient (Wildman–Crippen LogP) is 3.35. The standard InChI is InChI=1S/C21H29FN2O2/c22-19-8-4-1-5-15(19)13-14-23-20(25)16-9-11-17(12-10-16)21(26)24-18-6-2-3-7-18/h1,4-5,8,16-18H,2-3,6-7,9-14H2,(H,23,25)(H,24,26). The second-order valence-corrected chi connectivity index (χ2v) is 7.67. The molecule has 2 fully saturated rings. The van der Waals surface area contributed by atoms with Crippen molar-refractivity contribution in [1.82, 2.24) is 10.6 Å². The number of benzene rings is 1. The predicted molar refractivity (Wildman–Crippen MR) is 99.0 cm³/mol. The molecule has 0 bridgehead atoms. The SMILES string of the molecule is O=C(NCCc1ccccc1F)C1CCC(C(=O)NC2CCCC2)CC1. The van der Waals surface area contributed by atoms with Gasteiger partial charge in [-0.15, -0.1) is 0 Å². The number of carbonyl (C=O) groups is 2. The lowest BCUT2D eigenvalue weighted by molar-refractivity contribution is -0.130. The van der Waals surface area contributed by atoms with E-state index in [9.17, 15) is 14.0 Å². The van der Waals surface area contributed by atoms with Crippen LogP contribution in [0, 0.1) is 17.7 Å². The van der Waals surface area contributed by atoms with Crippen LogP contribution in [0.3, 0.4) is 0 Å². The molecule has 0 unspecified atom stereocenters. The third kappa shape index (κ3) is 5.05. The van der Waals surface area contributed by atoms with E-state index in [1.54, 1.807) is 18.2 Å². The molecule has 2 N–H and O–H groups in total. The summed E-state index contributed by atoms with van der Waals surface area (Å²) in [5, 5.41) is 6.10. The molecule has 1 aromatic rings. The van der Waals surface area contributed by atoms with Gasteiger partial charge in [0.15, 0.2) is 0 Å². The van der Waals surface area contributed by atoms with Crippen molar-refractivity contribution in [3.63, 3.8) is 0 Å². The second kappa shape index (κ2) is 9.15. The number of hydrogen-bond donors (Lipinski definition) is 2. The molecule has 0 heterocycles. The Hall–Kier alpha value is -1.91. The topological polar surface area (TPSA) is 58.2 Å². The molecule has 2 amide bonds. The quantitative estimate of drug-likeness (QED) is 0.817. The van der Waals surface area contributed by atoms with E-state index in [0.717, 1.165) is 38.5 Å². The maximum absolute atomic E-state index is 13.6. The Morgan fingerprint density at radius 2 is 1.54 bits per heavy atom. The molecule has 2 aliphatic rings. The fourth-order valence-corrected chi connectivity index (χ4v) is 4.17. The second-order valence-electron chi connectivity index (χ2n) is 7.67. The summed E-state index contributed by atoms with van der Waals surface area (Å²) < 4.78 is 13.6. The van der Waals surface area contributed by atoms with Gasteiger partial charge in [-0.1, -0.05) is 31.0 Å². The molecule has 0 saturated heterocycles. The van der Waals surface area contributed by atoms with E-state index in [0.29, 0.717) is 24.6 Å². The van der Waals surface area contributed by atoms with Gasteiger partial charge >= 0.3 is 0 Å². The molecular formula is C21H29FN2O2. The van der Waals surface area contributed by atoms with Gasteiger partial charge in [0.2, 0.25) is 11.8 Å². The van der Waals surface area contributed by atoms with Crippen molar-refractivity contribution in [1.29, 1.82) is 0 Å². The van der Waals surface area contributed by atoms with Crippen LogP contribution in [-0.2, 0) is 16.0 Å². The summed E-state index contributed by atoms with van der Waals surface area (Å²) in [4.78, 5) is 24.7. The molecule has 2 aliphatic carbocycles. The number of hydrogen-bond acceptors (Lipinski definition) is 2. The first-order valence-corrected chi connectivity index (χ1v) is 9.95. The summed E-state index contributed by atoms with van der Waals surface area (Å²) in [6.07, 6.45) is 8.21. The lowest BCUT2D eigenvalue weighted by Gasteiger charge is -2.28. The van der Waals surface area contributed by atoms with Crippen LogP contribution < -0.4 is 10.6 Å². The van der Waals surface area contributed by atoms with Gasteiger partial charge < -0.3 is 10.6 Å². The molecular weight excluding hydrogens is 331 g/mol. The summed E-state index contributed by atoms with van der Waals surface area (Å²) in [6, 6.07) is 7.02. The normalized spacial score (nSPS) is 23.6. The van der Waals surface area contributed by atoms with Gasteiger partial charge in [-0.2, -0.15) is 0 Å². The van der Waals surface area contributed by atoms with Gasteiger partial charge in [0, 0.05) is 24.4 Å². The minimum absolute atomic E-state index is 0.0221. The largest absolute Gasteiger partial charge is 0.356 e. The van der Waals surface area contributed by atoms with Crippen LogP contribution in [-0.4, -0.2) is 24.4 Å². The lowest BCUT2D eigenvalue weighted by Crippen LogP contribution is -2.40. The maximum Gasteiger partial charge on any atom is 0.223 e. The van der Waals surface area contributed by atoms with E-state index in [-0.39, 0.29) is 29.5 Å². The van der Waals surface area contributed by atoms with Crippen molar-refractivity contribution in [3.05, 3.63) is 35.6 Å². The molecule has 0 aromatic heterocycles. The summed E-state index contributed by atoms with van der Waals surface area (Å²) in [7, 11) is 0. The third-order valence-electron chi connectivity index (χ3n) is 5.82. The van der Waals surface area contributed by atoms with Gasteiger partial charge in [-0.25, -0.2) is 4.39 Å². The highest BCUT2D eigenvalue weighted by atomic mass is 19.1. The zero-order chi connectivity index (χ0) is 18.4. The average Bonchev–Trinajstić information content (AvgIpc) is 3.16. The molecule has 26 heavy (non-hydrogen) atoms. The highest BCUT2D eigenvalue weighted by molar-refractivity contribution is 5.81. The smallest absolute Gasteiger partial charge is 0.223 e. The van der Waals surface area contributed by atoms with Gasteiger partial charge in [0.1, 0.15) is 5.82 Å². The van der Waals surface area contributed by atoms with Crippen LogP contribution in [0.15, 0.2) is 24.3 Å². The van der Waals surface area contributed by atoms with Crippen molar-refractivity contribution in [3.8, 4) is 0 Å². The van der Waals surface area contributed by atoms with E-state index >= 15 is 0 Å². The Balaban J connectivity index is 1.36. The maximum atomic E-state index is 13.6. The number of amides is 2. The molecule has 0 aliphatic heterocycles.